The number of hydrogen-bond donors (Lipinski definition) is 1. The number of carbonyl (C=O) groups is 1. The molecule has 16 heavy (non-hydrogen) atoms. The number of carbonyl (C=O) groups excluding carboxylic acids is 1. The van der Waals surface area contributed by atoms with Gasteiger partial charge in [-0.2, -0.15) is 0 Å². The first kappa shape index (κ1) is 10.4. The molecule has 0 atom stereocenters. The highest BCUT2D eigenvalue weighted by molar-refractivity contribution is 5.91. The number of benzene rings is 1. The highest BCUT2D eigenvalue weighted by atomic mass is 16.3. The molecule has 1 N–H and O–H groups in total. The van der Waals surface area contributed by atoms with E-state index in [0.717, 1.165) is 11.3 Å². The minimum atomic E-state index is -0.00489. The maximum atomic E-state index is 11.2. The van der Waals surface area contributed by atoms with Crippen molar-refractivity contribution < 1.29 is 9.21 Å². The molecule has 1 amide bonds. The smallest absolute Gasteiger partial charge is 0.224 e. The van der Waals surface area contributed by atoms with Crippen LogP contribution in [0.5, 0.6) is 0 Å². The highest BCUT2D eigenvalue weighted by Gasteiger charge is 2.03. The number of rotatable bonds is 3. The van der Waals surface area contributed by atoms with E-state index in [4.69, 9.17) is 4.42 Å². The minimum Gasteiger partial charge on any atom is -0.444 e. The van der Waals surface area contributed by atoms with Crippen LogP contribution in [0.2, 0.25) is 0 Å². The monoisotopic (exact) mass is 216 g/mol. The van der Waals surface area contributed by atoms with Crippen molar-refractivity contribution >= 4 is 11.6 Å². The Balaban J connectivity index is 2.23. The van der Waals surface area contributed by atoms with Crippen molar-refractivity contribution in [2.24, 2.45) is 0 Å². The largest absolute Gasteiger partial charge is 0.444 e. The molecule has 0 aliphatic heterocycles. The predicted molar refractivity (Wildman–Crippen MR) is 60.9 cm³/mol. The summed E-state index contributed by atoms with van der Waals surface area (Å²) in [6.07, 6.45) is 3.49. The van der Waals surface area contributed by atoms with Crippen molar-refractivity contribution in [2.45, 2.75) is 13.3 Å². The lowest BCUT2D eigenvalue weighted by Crippen LogP contribution is -2.09. The second kappa shape index (κ2) is 4.61. The first-order chi connectivity index (χ1) is 7.79. The molecule has 0 saturated carbocycles. The standard InChI is InChI=1S/C12H12N2O2/c1-2-12(15)14-10-5-3-4-9(6-10)11-7-13-8-16-11/h3-8H,2H2,1H3,(H,14,15). The normalized spacial score (nSPS) is 10.1. The van der Waals surface area contributed by atoms with Crippen molar-refractivity contribution in [3.63, 3.8) is 0 Å². The van der Waals surface area contributed by atoms with Crippen LogP contribution in [0.1, 0.15) is 13.3 Å². The SMILES string of the molecule is CCC(=O)Nc1cccc(-c2cnco2)c1. The molecule has 82 valence electrons. The molecule has 1 aromatic carbocycles. The van der Waals surface area contributed by atoms with Crippen LogP contribution in [0.3, 0.4) is 0 Å². The summed E-state index contributed by atoms with van der Waals surface area (Å²) in [4.78, 5) is 15.1. The molecular weight excluding hydrogens is 204 g/mol. The van der Waals surface area contributed by atoms with E-state index in [1.54, 1.807) is 6.20 Å². The number of anilines is 1. The van der Waals surface area contributed by atoms with Gasteiger partial charge in [0, 0.05) is 17.7 Å². The molecular formula is C12H12N2O2. The lowest BCUT2D eigenvalue weighted by molar-refractivity contribution is -0.115. The van der Waals surface area contributed by atoms with Crippen molar-refractivity contribution in [3.05, 3.63) is 36.9 Å². The second-order valence-corrected chi connectivity index (χ2v) is 3.35. The minimum absolute atomic E-state index is 0.00489. The summed E-state index contributed by atoms with van der Waals surface area (Å²) in [6, 6.07) is 7.47. The molecule has 0 spiro atoms. The van der Waals surface area contributed by atoms with Gasteiger partial charge in [-0.1, -0.05) is 19.1 Å². The average Bonchev–Trinajstić information content (AvgIpc) is 2.83. The lowest BCUT2D eigenvalue weighted by atomic mass is 10.1. The van der Waals surface area contributed by atoms with Crippen molar-refractivity contribution in [1.82, 2.24) is 4.98 Å². The summed E-state index contributed by atoms with van der Waals surface area (Å²) in [6.45, 7) is 1.82. The number of oxazole rings is 1. The van der Waals surface area contributed by atoms with Gasteiger partial charge in [-0.15, -0.1) is 0 Å². The fourth-order valence-electron chi connectivity index (χ4n) is 1.36. The molecule has 0 radical (unpaired) electrons. The molecule has 0 unspecified atom stereocenters. The van der Waals surface area contributed by atoms with Gasteiger partial charge in [0.1, 0.15) is 0 Å². The maximum Gasteiger partial charge on any atom is 0.224 e. The predicted octanol–water partition coefficient (Wildman–Crippen LogP) is 2.69. The van der Waals surface area contributed by atoms with Gasteiger partial charge in [-0.3, -0.25) is 4.79 Å². The zero-order valence-electron chi connectivity index (χ0n) is 8.93. The van der Waals surface area contributed by atoms with Crippen molar-refractivity contribution in [2.75, 3.05) is 5.32 Å². The Bertz CT molecular complexity index is 478. The van der Waals surface area contributed by atoms with E-state index in [0.29, 0.717) is 12.2 Å². The Morgan fingerprint density at radius 1 is 1.50 bits per heavy atom. The summed E-state index contributed by atoms with van der Waals surface area (Å²) in [5.41, 5.74) is 1.66. The lowest BCUT2D eigenvalue weighted by Gasteiger charge is -2.04. The van der Waals surface area contributed by atoms with Gasteiger partial charge in [-0.25, -0.2) is 4.98 Å². The van der Waals surface area contributed by atoms with E-state index < -0.39 is 0 Å². The molecule has 0 aliphatic carbocycles. The summed E-state index contributed by atoms with van der Waals surface area (Å²) in [5, 5.41) is 2.79. The first-order valence-electron chi connectivity index (χ1n) is 5.08. The Morgan fingerprint density at radius 2 is 2.38 bits per heavy atom. The first-order valence-corrected chi connectivity index (χ1v) is 5.08. The summed E-state index contributed by atoms with van der Waals surface area (Å²) in [7, 11) is 0. The van der Waals surface area contributed by atoms with Gasteiger partial charge in [-0.05, 0) is 12.1 Å². The van der Waals surface area contributed by atoms with E-state index >= 15 is 0 Å². The van der Waals surface area contributed by atoms with Gasteiger partial charge in [0.15, 0.2) is 12.2 Å². The summed E-state index contributed by atoms with van der Waals surface area (Å²) < 4.78 is 5.18. The maximum absolute atomic E-state index is 11.2. The van der Waals surface area contributed by atoms with Gasteiger partial charge < -0.3 is 9.73 Å². The Morgan fingerprint density at radius 3 is 3.06 bits per heavy atom. The van der Waals surface area contributed by atoms with E-state index in [9.17, 15) is 4.79 Å². The van der Waals surface area contributed by atoms with E-state index in [1.807, 2.05) is 31.2 Å². The van der Waals surface area contributed by atoms with Crippen LogP contribution in [0.25, 0.3) is 11.3 Å². The molecule has 1 heterocycles. The topological polar surface area (TPSA) is 55.1 Å². The van der Waals surface area contributed by atoms with Crippen LogP contribution in [0.4, 0.5) is 5.69 Å². The molecule has 4 heteroatoms. The van der Waals surface area contributed by atoms with Crippen LogP contribution < -0.4 is 5.32 Å². The average molecular weight is 216 g/mol. The number of nitrogens with one attached hydrogen (secondary N) is 1. The summed E-state index contributed by atoms with van der Waals surface area (Å²) in [5.74, 6) is 0.683. The highest BCUT2D eigenvalue weighted by Crippen LogP contribution is 2.21. The van der Waals surface area contributed by atoms with Crippen LogP contribution in [-0.2, 0) is 4.79 Å². The van der Waals surface area contributed by atoms with Crippen LogP contribution >= 0.6 is 0 Å². The molecule has 2 aromatic rings. The van der Waals surface area contributed by atoms with E-state index in [1.165, 1.54) is 6.39 Å². The van der Waals surface area contributed by atoms with Gasteiger partial charge >= 0.3 is 0 Å². The second-order valence-electron chi connectivity index (χ2n) is 3.35. The zero-order valence-corrected chi connectivity index (χ0v) is 8.93. The molecule has 4 nitrogen and oxygen atoms in total. The number of amides is 1. The Kier molecular flexibility index (Phi) is 3.00. The number of nitrogens with zero attached hydrogens (tertiary/aromatic N) is 1. The van der Waals surface area contributed by atoms with Crippen LogP contribution in [-0.4, -0.2) is 10.9 Å². The fourth-order valence-corrected chi connectivity index (χ4v) is 1.36. The molecule has 2 rings (SSSR count). The fraction of sp³-hybridized carbons (Fsp3) is 0.167. The third-order valence-corrected chi connectivity index (χ3v) is 2.18. The van der Waals surface area contributed by atoms with Crippen LogP contribution in [0, 0.1) is 0 Å². The molecule has 0 bridgehead atoms. The third kappa shape index (κ3) is 2.28. The van der Waals surface area contributed by atoms with E-state index in [2.05, 4.69) is 10.3 Å². The number of hydrogen-bond acceptors (Lipinski definition) is 3. The van der Waals surface area contributed by atoms with Crippen LogP contribution in [0.15, 0.2) is 41.3 Å². The third-order valence-electron chi connectivity index (χ3n) is 2.18. The molecule has 0 saturated heterocycles. The van der Waals surface area contributed by atoms with E-state index in [-0.39, 0.29) is 5.91 Å². The van der Waals surface area contributed by atoms with Gasteiger partial charge in [0.25, 0.3) is 0 Å². The molecule has 1 aromatic heterocycles. The zero-order chi connectivity index (χ0) is 11.4. The van der Waals surface area contributed by atoms with Crippen molar-refractivity contribution in [3.8, 4) is 11.3 Å². The van der Waals surface area contributed by atoms with Gasteiger partial charge in [0.05, 0.1) is 6.20 Å². The number of aromatic nitrogens is 1. The summed E-state index contributed by atoms with van der Waals surface area (Å²) >= 11 is 0. The molecule has 0 fully saturated rings. The van der Waals surface area contributed by atoms with Crippen molar-refractivity contribution in [1.29, 1.82) is 0 Å². The Labute approximate surface area is 93.3 Å². The Hall–Kier alpha value is -2.10. The quantitative estimate of drug-likeness (QED) is 0.858. The van der Waals surface area contributed by atoms with Gasteiger partial charge in [0.2, 0.25) is 5.91 Å². The molecule has 0 aliphatic rings.